The fourth-order valence-electron chi connectivity index (χ4n) is 5.93. The van der Waals surface area contributed by atoms with Crippen molar-refractivity contribution in [1.82, 2.24) is 9.47 Å². The van der Waals surface area contributed by atoms with Crippen molar-refractivity contribution in [2.24, 2.45) is 0 Å². The second-order valence-corrected chi connectivity index (χ2v) is 14.3. The third-order valence-electron chi connectivity index (χ3n) is 8.10. The first-order chi connectivity index (χ1) is 23.0. The van der Waals surface area contributed by atoms with Crippen LogP contribution >= 0.6 is 34.4 Å². The summed E-state index contributed by atoms with van der Waals surface area (Å²) in [5, 5.41) is 2.18. The van der Waals surface area contributed by atoms with E-state index in [-0.39, 0.29) is 5.56 Å². The Labute approximate surface area is 289 Å². The minimum Gasteiger partial charge on any atom is -0.479 e. The zero-order valence-corrected chi connectivity index (χ0v) is 30.0. The van der Waals surface area contributed by atoms with Crippen LogP contribution < -0.4 is 19.3 Å². The van der Waals surface area contributed by atoms with Gasteiger partial charge in [0, 0.05) is 29.1 Å². The second-order valence-electron chi connectivity index (χ2n) is 11.0. The molecule has 0 unspecified atom stereocenters. The average molecular weight is 679 g/mol. The molecule has 0 aliphatic carbocycles. The maximum absolute atomic E-state index is 14.3. The van der Waals surface area contributed by atoms with Crippen LogP contribution in [-0.4, -0.2) is 22.6 Å². The van der Waals surface area contributed by atoms with Gasteiger partial charge in [0.25, 0.3) is 10.6 Å². The Hall–Kier alpha value is -4.11. The molecule has 1 aliphatic rings. The third kappa shape index (κ3) is 6.55. The lowest BCUT2D eigenvalue weighted by molar-refractivity contribution is -0.679. The number of hydrogen-bond acceptors (Lipinski definition) is 6. The molecule has 8 heteroatoms. The Kier molecular flexibility index (Phi) is 10.3. The molecule has 0 amide bonds. The van der Waals surface area contributed by atoms with E-state index in [1.165, 1.54) is 21.7 Å². The minimum atomic E-state index is 0.0337. The normalized spacial score (nSPS) is 15.2. The monoisotopic (exact) mass is 678 g/mol. The van der Waals surface area contributed by atoms with Gasteiger partial charge in [-0.25, -0.2) is 0 Å². The highest BCUT2D eigenvalue weighted by Crippen LogP contribution is 2.42. The van der Waals surface area contributed by atoms with Crippen molar-refractivity contribution >= 4 is 46.1 Å². The van der Waals surface area contributed by atoms with Crippen molar-refractivity contribution in [3.05, 3.63) is 143 Å². The number of benzene rings is 3. The SMILES string of the molecule is CCOC1=C(C)SC(=C/C(c2ccccc2)=c2/sc(=Cc3sc(-c4ccccc4)c(-c4ccccc4)[n+]3CC)n(CC)c2=O)N1CC. The van der Waals surface area contributed by atoms with Crippen LogP contribution in [0.3, 0.4) is 0 Å². The second kappa shape index (κ2) is 14.8. The van der Waals surface area contributed by atoms with Gasteiger partial charge in [0.1, 0.15) is 20.6 Å². The Morgan fingerprint density at radius 3 is 2.06 bits per heavy atom. The Bertz CT molecular complexity index is 2110. The van der Waals surface area contributed by atoms with Gasteiger partial charge < -0.3 is 9.64 Å². The number of thiazole rings is 2. The molecule has 0 bridgehead atoms. The number of hydrogen-bond donors (Lipinski definition) is 0. The van der Waals surface area contributed by atoms with Crippen molar-refractivity contribution in [2.45, 2.75) is 47.7 Å². The summed E-state index contributed by atoms with van der Waals surface area (Å²) >= 11 is 5.05. The molecule has 6 rings (SSSR count). The third-order valence-corrected chi connectivity index (χ3v) is 11.5. The topological polar surface area (TPSA) is 38.4 Å². The predicted molar refractivity (Wildman–Crippen MR) is 199 cm³/mol. The molecule has 3 heterocycles. The highest BCUT2D eigenvalue weighted by molar-refractivity contribution is 8.06. The van der Waals surface area contributed by atoms with Crippen LogP contribution in [0.4, 0.5) is 0 Å². The molecule has 240 valence electrons. The molecule has 0 N–H and O–H groups in total. The van der Waals surface area contributed by atoms with E-state index in [9.17, 15) is 4.79 Å². The Morgan fingerprint density at radius 2 is 1.47 bits per heavy atom. The van der Waals surface area contributed by atoms with E-state index in [2.05, 4.69) is 122 Å². The molecule has 5 nitrogen and oxygen atoms in total. The van der Waals surface area contributed by atoms with Gasteiger partial charge in [-0.3, -0.25) is 9.36 Å². The first-order valence-corrected chi connectivity index (χ1v) is 18.6. The number of nitrogens with zero attached hydrogens (tertiary/aromatic N) is 3. The van der Waals surface area contributed by atoms with Crippen LogP contribution in [0.15, 0.2) is 118 Å². The number of allylic oxidation sites excluding steroid dienone is 2. The molecule has 0 radical (unpaired) electrons. The van der Waals surface area contributed by atoms with Gasteiger partial charge in [-0.1, -0.05) is 102 Å². The molecule has 0 atom stereocenters. The average Bonchev–Trinajstić information content (AvgIpc) is 3.74. The van der Waals surface area contributed by atoms with Crippen molar-refractivity contribution < 1.29 is 9.30 Å². The van der Waals surface area contributed by atoms with E-state index in [1.807, 2.05) is 29.7 Å². The lowest BCUT2D eigenvalue weighted by atomic mass is 10.1. The Balaban J connectivity index is 1.61. The van der Waals surface area contributed by atoms with Crippen molar-refractivity contribution in [1.29, 1.82) is 0 Å². The van der Waals surface area contributed by atoms with E-state index in [0.29, 0.717) is 13.2 Å². The molecular weight excluding hydrogens is 639 g/mol. The summed E-state index contributed by atoms with van der Waals surface area (Å²) in [5.41, 5.74) is 5.55. The Morgan fingerprint density at radius 1 is 0.830 bits per heavy atom. The number of thioether (sulfide) groups is 1. The van der Waals surface area contributed by atoms with Crippen molar-refractivity contribution in [2.75, 3.05) is 13.2 Å². The first kappa shape index (κ1) is 32.8. The molecule has 1 aliphatic heterocycles. The molecule has 0 saturated carbocycles. The quantitative estimate of drug-likeness (QED) is 0.141. The highest BCUT2D eigenvalue weighted by atomic mass is 32.2. The summed E-state index contributed by atoms with van der Waals surface area (Å²) in [7, 11) is 0. The van der Waals surface area contributed by atoms with Gasteiger partial charge in [-0.2, -0.15) is 4.57 Å². The highest BCUT2D eigenvalue weighted by Gasteiger charge is 2.28. The van der Waals surface area contributed by atoms with E-state index in [4.69, 9.17) is 4.74 Å². The molecule has 2 aromatic heterocycles. The lowest BCUT2D eigenvalue weighted by Crippen LogP contribution is -2.37. The van der Waals surface area contributed by atoms with Crippen molar-refractivity contribution in [3.63, 3.8) is 0 Å². The maximum Gasteiger partial charge on any atom is 0.269 e. The summed E-state index contributed by atoms with van der Waals surface area (Å²) in [4.78, 5) is 18.9. The summed E-state index contributed by atoms with van der Waals surface area (Å²) in [6.07, 6.45) is 4.39. The summed E-state index contributed by atoms with van der Waals surface area (Å²) in [5.74, 6) is 0.898. The van der Waals surface area contributed by atoms with Crippen molar-refractivity contribution in [3.8, 4) is 21.7 Å². The summed E-state index contributed by atoms with van der Waals surface area (Å²) in [6.45, 7) is 13.3. The zero-order valence-electron chi connectivity index (χ0n) is 27.5. The predicted octanol–water partition coefficient (Wildman–Crippen LogP) is 7.80. The van der Waals surface area contributed by atoms with Crippen LogP contribution in [0.1, 0.15) is 45.2 Å². The zero-order chi connectivity index (χ0) is 32.9. The van der Waals surface area contributed by atoms with E-state index in [1.54, 1.807) is 34.4 Å². The smallest absolute Gasteiger partial charge is 0.269 e. The van der Waals surface area contributed by atoms with Gasteiger partial charge in [0.2, 0.25) is 11.6 Å². The van der Waals surface area contributed by atoms with Gasteiger partial charge in [0.15, 0.2) is 0 Å². The van der Waals surface area contributed by atoms with Gasteiger partial charge in [-0.05, 0) is 64.0 Å². The lowest BCUT2D eigenvalue weighted by Gasteiger charge is -2.21. The molecule has 5 aromatic rings. The van der Waals surface area contributed by atoms with Crippen LogP contribution in [-0.2, 0) is 17.8 Å². The summed E-state index contributed by atoms with van der Waals surface area (Å²) in [6, 6.07) is 31.5. The van der Waals surface area contributed by atoms with Gasteiger partial charge >= 0.3 is 0 Å². The molecule has 47 heavy (non-hydrogen) atoms. The number of ether oxygens (including phenoxy) is 1. The van der Waals surface area contributed by atoms with Crippen LogP contribution in [0.5, 0.6) is 0 Å². The molecule has 0 saturated heterocycles. The number of aromatic nitrogens is 2. The van der Waals surface area contributed by atoms with E-state index in [0.717, 1.165) is 54.2 Å². The fourth-order valence-corrected chi connectivity index (χ4v) is 9.55. The van der Waals surface area contributed by atoms with Gasteiger partial charge in [0.05, 0.1) is 17.7 Å². The number of rotatable bonds is 10. The van der Waals surface area contributed by atoms with Crippen LogP contribution in [0.25, 0.3) is 33.3 Å². The molecule has 0 fully saturated rings. The summed E-state index contributed by atoms with van der Waals surface area (Å²) < 4.78 is 12.0. The molecule has 0 spiro atoms. The maximum atomic E-state index is 14.3. The van der Waals surface area contributed by atoms with Gasteiger partial charge in [-0.15, -0.1) is 11.3 Å². The fraction of sp³-hybridized carbons (Fsp3) is 0.231. The van der Waals surface area contributed by atoms with E-state index < -0.39 is 0 Å². The van der Waals surface area contributed by atoms with Crippen LogP contribution in [0.2, 0.25) is 0 Å². The van der Waals surface area contributed by atoms with E-state index >= 15 is 0 Å². The first-order valence-electron chi connectivity index (χ1n) is 16.2. The molecular formula is C39H40N3O2S3+. The standard InChI is InChI=1S/C39H40N3O2S3/c1-6-40-33(46-36(30-23-17-12-18-24-30)35(40)29-21-15-11-16-22-29)26-34-41(7-2)38(43)37(47-34)31(28-19-13-10-14-20-28)25-32-42(8-3)39(44-9-4)27(5)45-32/h10-26H,6-9H2,1-5H3/q+1/b32-25?,37-31-. The largest absolute Gasteiger partial charge is 0.479 e. The van der Waals surface area contributed by atoms with Crippen LogP contribution in [0, 0.1) is 0 Å². The molecule has 3 aromatic carbocycles. The minimum absolute atomic E-state index is 0.0337.